The maximum absolute atomic E-state index is 12.5. The van der Waals surface area contributed by atoms with Crippen LogP contribution < -0.4 is 10.6 Å². The fourth-order valence-electron chi connectivity index (χ4n) is 2.78. The van der Waals surface area contributed by atoms with Crippen LogP contribution >= 0.6 is 0 Å². The quantitative estimate of drug-likeness (QED) is 0.149. The molecule has 29 heavy (non-hydrogen) atoms. The predicted octanol–water partition coefficient (Wildman–Crippen LogP) is 3.15. The standard InChI is InChI=1S/C21H38N2O6/c1-4-6-8-9-10-11-12-14-17(26)22-19(16(25)13-7-5-2)20(27)23-18(15(3)24)21(28)29/h15,18,24-25H,4-14H2,1-3H3,(H,22,26)(H,23,27)(H,28,29)/b19-16+. The summed E-state index contributed by atoms with van der Waals surface area (Å²) >= 11 is 0. The molecule has 0 aliphatic heterocycles. The van der Waals surface area contributed by atoms with Gasteiger partial charge in [-0.1, -0.05) is 58.8 Å². The van der Waals surface area contributed by atoms with Gasteiger partial charge in [-0.15, -0.1) is 0 Å². The van der Waals surface area contributed by atoms with E-state index in [0.717, 1.165) is 25.7 Å². The summed E-state index contributed by atoms with van der Waals surface area (Å²) in [4.78, 5) is 35.9. The maximum atomic E-state index is 12.5. The van der Waals surface area contributed by atoms with Gasteiger partial charge < -0.3 is 26.0 Å². The van der Waals surface area contributed by atoms with Gasteiger partial charge in [0, 0.05) is 12.8 Å². The minimum absolute atomic E-state index is 0.184. The molecule has 0 saturated carbocycles. The van der Waals surface area contributed by atoms with E-state index in [1.54, 1.807) is 0 Å². The molecule has 168 valence electrons. The van der Waals surface area contributed by atoms with Gasteiger partial charge in [-0.2, -0.15) is 0 Å². The van der Waals surface area contributed by atoms with Gasteiger partial charge in [0.25, 0.3) is 5.91 Å². The molecule has 0 saturated heterocycles. The van der Waals surface area contributed by atoms with E-state index in [-0.39, 0.29) is 24.3 Å². The molecule has 8 nitrogen and oxygen atoms in total. The van der Waals surface area contributed by atoms with Gasteiger partial charge in [0.2, 0.25) is 5.91 Å². The van der Waals surface area contributed by atoms with Crippen LogP contribution in [0.1, 0.15) is 91.4 Å². The molecule has 0 aromatic heterocycles. The topological polar surface area (TPSA) is 136 Å². The number of aliphatic hydroxyl groups excluding tert-OH is 2. The summed E-state index contributed by atoms with van der Waals surface area (Å²) in [6.45, 7) is 5.31. The molecule has 2 amide bonds. The first-order valence-electron chi connectivity index (χ1n) is 10.7. The van der Waals surface area contributed by atoms with Crippen LogP contribution in [0.25, 0.3) is 0 Å². The number of hydrogen-bond donors (Lipinski definition) is 5. The van der Waals surface area contributed by atoms with Crippen LogP contribution in [0.3, 0.4) is 0 Å². The van der Waals surface area contributed by atoms with Crippen molar-refractivity contribution in [1.29, 1.82) is 0 Å². The fourth-order valence-corrected chi connectivity index (χ4v) is 2.78. The van der Waals surface area contributed by atoms with Crippen LogP contribution in [0.4, 0.5) is 0 Å². The zero-order chi connectivity index (χ0) is 22.2. The first-order chi connectivity index (χ1) is 13.7. The maximum Gasteiger partial charge on any atom is 0.328 e. The summed E-state index contributed by atoms with van der Waals surface area (Å²) < 4.78 is 0. The lowest BCUT2D eigenvalue weighted by Crippen LogP contribution is -2.50. The molecule has 0 spiro atoms. The number of rotatable bonds is 16. The molecule has 0 fully saturated rings. The Kier molecular flexibility index (Phi) is 14.7. The third-order valence-corrected chi connectivity index (χ3v) is 4.59. The second-order valence-electron chi connectivity index (χ2n) is 7.37. The highest BCUT2D eigenvalue weighted by atomic mass is 16.4. The Morgan fingerprint density at radius 3 is 1.90 bits per heavy atom. The number of allylic oxidation sites excluding steroid dienone is 1. The number of nitrogens with one attached hydrogen (secondary N) is 2. The van der Waals surface area contributed by atoms with E-state index < -0.39 is 29.9 Å². The third-order valence-electron chi connectivity index (χ3n) is 4.59. The van der Waals surface area contributed by atoms with Crippen LogP contribution in [-0.2, 0) is 14.4 Å². The second-order valence-corrected chi connectivity index (χ2v) is 7.37. The third kappa shape index (κ3) is 12.2. The van der Waals surface area contributed by atoms with Crippen molar-refractivity contribution in [3.8, 4) is 0 Å². The zero-order valence-electron chi connectivity index (χ0n) is 18.0. The van der Waals surface area contributed by atoms with Crippen molar-refractivity contribution in [2.75, 3.05) is 0 Å². The number of carboxylic acid groups (broad SMARTS) is 1. The Bertz CT molecular complexity index is 545. The van der Waals surface area contributed by atoms with Gasteiger partial charge in [0.15, 0.2) is 6.04 Å². The first-order valence-corrected chi connectivity index (χ1v) is 10.7. The van der Waals surface area contributed by atoms with E-state index in [0.29, 0.717) is 12.8 Å². The number of carboxylic acids is 1. The van der Waals surface area contributed by atoms with E-state index in [1.807, 2.05) is 6.92 Å². The highest BCUT2D eigenvalue weighted by molar-refractivity contribution is 5.99. The van der Waals surface area contributed by atoms with E-state index in [2.05, 4.69) is 17.6 Å². The van der Waals surface area contributed by atoms with Crippen molar-refractivity contribution in [2.45, 2.75) is 104 Å². The molecule has 0 radical (unpaired) electrons. The Hall–Kier alpha value is -2.09. The molecular formula is C21H38N2O6. The van der Waals surface area contributed by atoms with Crippen LogP contribution in [-0.4, -0.2) is 45.2 Å². The number of hydrogen-bond acceptors (Lipinski definition) is 5. The number of amides is 2. The first kappa shape index (κ1) is 26.9. The molecule has 0 bridgehead atoms. The summed E-state index contributed by atoms with van der Waals surface area (Å²) in [6.07, 6.45) is 7.79. The SMILES string of the molecule is CCCCCCCCCC(=O)N/C(C(=O)NC(C(=O)O)C(C)O)=C(/O)CCCC. The molecule has 0 aromatic rings. The highest BCUT2D eigenvalue weighted by Crippen LogP contribution is 2.11. The molecule has 0 aromatic carbocycles. The van der Waals surface area contributed by atoms with Crippen LogP contribution in [0.2, 0.25) is 0 Å². The van der Waals surface area contributed by atoms with E-state index >= 15 is 0 Å². The predicted molar refractivity (Wildman–Crippen MR) is 111 cm³/mol. The largest absolute Gasteiger partial charge is 0.510 e. The Morgan fingerprint density at radius 1 is 0.828 bits per heavy atom. The molecule has 0 rings (SSSR count). The Balaban J connectivity index is 4.87. The molecule has 8 heteroatoms. The van der Waals surface area contributed by atoms with Gasteiger partial charge in [-0.25, -0.2) is 4.79 Å². The number of aliphatic carboxylic acids is 1. The van der Waals surface area contributed by atoms with Crippen molar-refractivity contribution in [3.63, 3.8) is 0 Å². The number of unbranched alkanes of at least 4 members (excludes halogenated alkanes) is 7. The van der Waals surface area contributed by atoms with Gasteiger partial charge in [0.05, 0.1) is 6.10 Å². The van der Waals surface area contributed by atoms with E-state index in [4.69, 9.17) is 5.11 Å². The lowest BCUT2D eigenvalue weighted by Gasteiger charge is -2.19. The Morgan fingerprint density at radius 2 is 1.38 bits per heavy atom. The van der Waals surface area contributed by atoms with Gasteiger partial charge in [-0.05, 0) is 19.8 Å². The van der Waals surface area contributed by atoms with Gasteiger partial charge in [-0.3, -0.25) is 9.59 Å². The van der Waals surface area contributed by atoms with Gasteiger partial charge >= 0.3 is 5.97 Å². The number of carbonyl (C=O) groups is 3. The smallest absolute Gasteiger partial charge is 0.328 e. The van der Waals surface area contributed by atoms with Gasteiger partial charge in [0.1, 0.15) is 11.5 Å². The minimum Gasteiger partial charge on any atom is -0.510 e. The molecule has 2 atom stereocenters. The summed E-state index contributed by atoms with van der Waals surface area (Å²) in [5.41, 5.74) is -0.349. The van der Waals surface area contributed by atoms with Crippen LogP contribution in [0.15, 0.2) is 11.5 Å². The average molecular weight is 415 g/mol. The summed E-state index contributed by atoms with van der Waals surface area (Å²) in [7, 11) is 0. The van der Waals surface area contributed by atoms with Crippen molar-refractivity contribution in [2.24, 2.45) is 0 Å². The van der Waals surface area contributed by atoms with Crippen molar-refractivity contribution in [1.82, 2.24) is 10.6 Å². The van der Waals surface area contributed by atoms with Crippen molar-refractivity contribution >= 4 is 17.8 Å². The fraction of sp³-hybridized carbons (Fsp3) is 0.762. The van der Waals surface area contributed by atoms with Crippen molar-refractivity contribution in [3.05, 3.63) is 11.5 Å². The zero-order valence-corrected chi connectivity index (χ0v) is 18.0. The molecule has 0 aliphatic carbocycles. The lowest BCUT2D eigenvalue weighted by molar-refractivity contribution is -0.144. The van der Waals surface area contributed by atoms with Crippen LogP contribution in [0.5, 0.6) is 0 Å². The number of aliphatic hydroxyl groups is 2. The highest BCUT2D eigenvalue weighted by Gasteiger charge is 2.28. The normalized spacial score (nSPS) is 13.9. The van der Waals surface area contributed by atoms with Crippen LogP contribution in [0, 0.1) is 0 Å². The summed E-state index contributed by atoms with van der Waals surface area (Å²) in [5, 5.41) is 33.5. The lowest BCUT2D eigenvalue weighted by atomic mass is 10.1. The van der Waals surface area contributed by atoms with E-state index in [1.165, 1.54) is 26.2 Å². The van der Waals surface area contributed by atoms with E-state index in [9.17, 15) is 24.6 Å². The molecular weight excluding hydrogens is 376 g/mol. The number of carbonyl (C=O) groups excluding carboxylic acids is 2. The Labute approximate surface area is 173 Å². The summed E-state index contributed by atoms with van der Waals surface area (Å²) in [5.74, 6) is -3.04. The molecule has 0 heterocycles. The molecule has 5 N–H and O–H groups in total. The minimum atomic E-state index is -1.54. The average Bonchev–Trinajstić information content (AvgIpc) is 2.66. The monoisotopic (exact) mass is 414 g/mol. The second kappa shape index (κ2) is 15.8. The molecule has 0 aliphatic rings. The van der Waals surface area contributed by atoms with Crippen molar-refractivity contribution < 1.29 is 29.7 Å². The summed E-state index contributed by atoms with van der Waals surface area (Å²) in [6, 6.07) is -1.54. The molecule has 2 unspecified atom stereocenters.